The van der Waals surface area contributed by atoms with Gasteiger partial charge in [-0.2, -0.15) is 0 Å². The van der Waals surface area contributed by atoms with Crippen LogP contribution in [0, 0.1) is 5.92 Å². The molecule has 3 N–H and O–H groups in total. The molecule has 2 saturated carbocycles. The molecule has 14 heteroatoms. The number of hydrogen-bond donors (Lipinski definition) is 3. The summed E-state index contributed by atoms with van der Waals surface area (Å²) in [5.41, 5.74) is 0.392. The van der Waals surface area contributed by atoms with Crippen LogP contribution in [0.2, 0.25) is 0 Å². The number of sulfonamides is 1. The average Bonchev–Trinajstić information content (AvgIpc) is 3.61. The molecule has 4 heterocycles. The maximum Gasteiger partial charge on any atom is 0.330 e. The van der Waals surface area contributed by atoms with Crippen LogP contribution in [0.4, 0.5) is 0 Å². The Balaban J connectivity index is 1.22. The zero-order valence-corrected chi connectivity index (χ0v) is 28.8. The largest absolute Gasteiger partial charge is 0.479 e. The maximum atomic E-state index is 14.4. The molecule has 5 atom stereocenters. The Morgan fingerprint density at radius 3 is 2.51 bits per heavy atom. The topological polar surface area (TPSA) is 168 Å². The van der Waals surface area contributed by atoms with Crippen LogP contribution < -0.4 is 14.8 Å². The molecular formula is C35H41N5O7S2. The molecular weight excluding hydrogens is 667 g/mol. The second-order valence-corrected chi connectivity index (χ2v) is 16.5. The van der Waals surface area contributed by atoms with Crippen LogP contribution in [0.5, 0.6) is 5.88 Å². The van der Waals surface area contributed by atoms with Gasteiger partial charge >= 0.3 is 5.97 Å². The number of carbonyl (C=O) groups is 3. The summed E-state index contributed by atoms with van der Waals surface area (Å²) in [5, 5.41) is 14.3. The van der Waals surface area contributed by atoms with Crippen LogP contribution >= 0.6 is 11.3 Å². The normalized spacial score (nSPS) is 29.0. The summed E-state index contributed by atoms with van der Waals surface area (Å²) >= 11 is 1.48. The highest BCUT2D eigenvalue weighted by atomic mass is 32.2. The number of hydrogen-bond acceptors (Lipinski definition) is 9. The monoisotopic (exact) mass is 707 g/mol. The first kappa shape index (κ1) is 33.6. The fraction of sp³-hybridized carbons (Fsp3) is 0.514. The Kier molecular flexibility index (Phi) is 9.46. The highest BCUT2D eigenvalue weighted by molar-refractivity contribution is 7.90. The van der Waals surface area contributed by atoms with Crippen LogP contribution in [0.15, 0.2) is 53.9 Å². The summed E-state index contributed by atoms with van der Waals surface area (Å²) < 4.78 is 36.2. The molecule has 0 spiro atoms. The first-order valence-electron chi connectivity index (χ1n) is 17.2. The van der Waals surface area contributed by atoms with Gasteiger partial charge in [0.25, 0.3) is 0 Å². The molecule has 12 nitrogen and oxygen atoms in total. The summed E-state index contributed by atoms with van der Waals surface area (Å²) in [7, 11) is -3.79. The molecule has 49 heavy (non-hydrogen) atoms. The third-order valence-corrected chi connectivity index (χ3v) is 13.1. The quantitative estimate of drug-likeness (QED) is 0.301. The van der Waals surface area contributed by atoms with E-state index in [-0.39, 0.29) is 37.6 Å². The number of carboxylic acid groups (broad SMARTS) is 1. The van der Waals surface area contributed by atoms with Crippen LogP contribution in [-0.4, -0.2) is 81.7 Å². The number of fused-ring (bicyclic) bond motifs is 3. The van der Waals surface area contributed by atoms with Crippen molar-refractivity contribution >= 4 is 50.2 Å². The van der Waals surface area contributed by atoms with Crippen molar-refractivity contribution in [1.29, 1.82) is 0 Å². The van der Waals surface area contributed by atoms with Crippen LogP contribution in [0.3, 0.4) is 0 Å². The zero-order valence-electron chi connectivity index (χ0n) is 27.1. The van der Waals surface area contributed by atoms with E-state index in [1.165, 1.54) is 16.2 Å². The lowest BCUT2D eigenvalue weighted by Crippen LogP contribution is -2.56. The van der Waals surface area contributed by atoms with Crippen molar-refractivity contribution in [2.24, 2.45) is 5.92 Å². The van der Waals surface area contributed by atoms with Gasteiger partial charge in [-0.15, -0.1) is 11.3 Å². The van der Waals surface area contributed by atoms with Crippen molar-refractivity contribution in [3.8, 4) is 16.5 Å². The molecule has 1 aromatic carbocycles. The minimum atomic E-state index is -3.79. The number of benzene rings is 1. The Hall–Kier alpha value is -3.88. The molecule has 2 aliphatic carbocycles. The predicted molar refractivity (Wildman–Crippen MR) is 184 cm³/mol. The minimum Gasteiger partial charge on any atom is -0.479 e. The van der Waals surface area contributed by atoms with E-state index in [1.54, 1.807) is 0 Å². The molecule has 0 radical (unpaired) electrons. The lowest BCUT2D eigenvalue weighted by molar-refractivity contribution is -0.145. The third kappa shape index (κ3) is 6.95. The Bertz CT molecular complexity index is 1860. The molecule has 260 valence electrons. The molecule has 3 fully saturated rings. The fourth-order valence-corrected chi connectivity index (χ4v) is 9.88. The summed E-state index contributed by atoms with van der Waals surface area (Å²) in [6.07, 6.45) is 9.38. The molecule has 2 amide bonds. The van der Waals surface area contributed by atoms with Crippen molar-refractivity contribution in [3.05, 3.63) is 53.9 Å². The zero-order chi connectivity index (χ0) is 34.2. The summed E-state index contributed by atoms with van der Waals surface area (Å²) in [4.78, 5) is 52.8. The van der Waals surface area contributed by atoms with Gasteiger partial charge in [0.05, 0.1) is 27.7 Å². The van der Waals surface area contributed by atoms with Crippen molar-refractivity contribution < 1.29 is 32.6 Å². The Labute approximate surface area is 289 Å². The highest BCUT2D eigenvalue weighted by Gasteiger charge is 2.61. The first-order valence-corrected chi connectivity index (χ1v) is 19.6. The molecule has 1 saturated heterocycles. The van der Waals surface area contributed by atoms with Crippen molar-refractivity contribution in [2.75, 3.05) is 6.54 Å². The van der Waals surface area contributed by atoms with Crippen LogP contribution in [-0.2, 0) is 24.4 Å². The minimum absolute atomic E-state index is 0.0135. The van der Waals surface area contributed by atoms with E-state index in [4.69, 9.17) is 14.7 Å². The molecule has 3 aromatic rings. The number of aromatic nitrogens is 2. The molecule has 4 aliphatic rings. The number of para-hydroxylation sites is 2. The van der Waals surface area contributed by atoms with Gasteiger partial charge in [-0.1, -0.05) is 56.0 Å². The number of aliphatic carboxylic acids is 1. The Morgan fingerprint density at radius 2 is 1.78 bits per heavy atom. The third-order valence-electron chi connectivity index (χ3n) is 10.2. The van der Waals surface area contributed by atoms with Crippen LogP contribution in [0.1, 0.15) is 70.6 Å². The van der Waals surface area contributed by atoms with E-state index in [9.17, 15) is 27.9 Å². The molecule has 7 rings (SSSR count). The molecule has 2 aliphatic heterocycles. The smallest absolute Gasteiger partial charge is 0.330 e. The fourth-order valence-electron chi connectivity index (χ4n) is 7.41. The summed E-state index contributed by atoms with van der Waals surface area (Å²) in [6, 6.07) is 9.10. The number of allylic oxidation sites excluding steroid dienone is 1. The molecule has 0 bridgehead atoms. The number of amides is 2. The van der Waals surface area contributed by atoms with Gasteiger partial charge in [-0.3, -0.25) is 9.59 Å². The Morgan fingerprint density at radius 1 is 1.02 bits per heavy atom. The SMILES string of the molecule is O=C1NC2(C(=O)O)CC2/C=C\CCCCC[C@H](NS(=O)(=O)C2CCCC2)C(=O)N2C[C@H](Oc3nc4ccccc4nc3-c3cccs3)CC12. The maximum absolute atomic E-state index is 14.4. The van der Waals surface area contributed by atoms with Gasteiger partial charge in [0.1, 0.15) is 29.4 Å². The van der Waals surface area contributed by atoms with Crippen LogP contribution in [0.25, 0.3) is 21.6 Å². The predicted octanol–water partition coefficient (Wildman–Crippen LogP) is 4.42. The van der Waals surface area contributed by atoms with E-state index >= 15 is 0 Å². The van der Waals surface area contributed by atoms with E-state index in [0.717, 1.165) is 37.0 Å². The van der Waals surface area contributed by atoms with E-state index in [2.05, 4.69) is 10.0 Å². The van der Waals surface area contributed by atoms with Gasteiger partial charge in [-0.05, 0) is 62.1 Å². The molecule has 3 unspecified atom stereocenters. The van der Waals surface area contributed by atoms with Gasteiger partial charge < -0.3 is 20.1 Å². The van der Waals surface area contributed by atoms with E-state index in [1.807, 2.05) is 53.9 Å². The van der Waals surface area contributed by atoms with Crippen molar-refractivity contribution in [3.63, 3.8) is 0 Å². The number of thiophene rings is 1. The number of rotatable bonds is 7. The number of carbonyl (C=O) groups excluding carboxylic acids is 2. The summed E-state index contributed by atoms with van der Waals surface area (Å²) in [5.74, 6) is -2.34. The van der Waals surface area contributed by atoms with Gasteiger partial charge in [-0.25, -0.2) is 27.9 Å². The van der Waals surface area contributed by atoms with E-state index < -0.39 is 56.8 Å². The number of carboxylic acids is 1. The lowest BCUT2D eigenvalue weighted by atomic mass is 10.1. The van der Waals surface area contributed by atoms with Gasteiger partial charge in [0.15, 0.2) is 0 Å². The standard InChI is InChI=1S/C35H41N5O7S2/c41-31-28-19-23(47-32-30(29-17-10-18-48-29)36-25-14-8-9-15-26(25)37-32)21-40(28)33(42)27(39-49(45,46)24-12-6-7-13-24)16-5-3-1-2-4-11-22-20-35(22,38-31)34(43)44/h4,8-11,14-15,17-18,22-24,27-28,39H,1-3,5-7,12-13,16,19-21H2,(H,38,41)(H,43,44)/b11-4-/t22?,23-,27+,28?,35?/m1/s1. The average molecular weight is 708 g/mol. The van der Waals surface area contributed by atoms with Crippen molar-refractivity contribution in [1.82, 2.24) is 24.9 Å². The van der Waals surface area contributed by atoms with E-state index in [0.29, 0.717) is 36.0 Å². The lowest BCUT2D eigenvalue weighted by Gasteiger charge is -2.30. The van der Waals surface area contributed by atoms with Gasteiger partial charge in [0, 0.05) is 12.3 Å². The number of nitrogens with one attached hydrogen (secondary N) is 2. The first-order chi connectivity index (χ1) is 23.6. The van der Waals surface area contributed by atoms with Crippen molar-refractivity contribution in [2.45, 2.75) is 99.6 Å². The number of ether oxygens (including phenoxy) is 1. The second kappa shape index (κ2) is 13.8. The number of nitrogens with zero attached hydrogens (tertiary/aromatic N) is 3. The highest BCUT2D eigenvalue weighted by Crippen LogP contribution is 2.45. The summed E-state index contributed by atoms with van der Waals surface area (Å²) in [6.45, 7) is -0.0135. The van der Waals surface area contributed by atoms with Gasteiger partial charge in [0.2, 0.25) is 27.7 Å². The molecule has 2 aromatic heterocycles. The second-order valence-electron chi connectivity index (χ2n) is 13.6.